The summed E-state index contributed by atoms with van der Waals surface area (Å²) in [5.74, 6) is 0.402. The van der Waals surface area contributed by atoms with Crippen molar-refractivity contribution in [3.63, 3.8) is 0 Å². The number of aromatic nitrogens is 6. The molecule has 0 saturated carbocycles. The van der Waals surface area contributed by atoms with Gasteiger partial charge in [-0.3, -0.25) is 9.78 Å². The normalized spacial score (nSPS) is 11.5. The summed E-state index contributed by atoms with van der Waals surface area (Å²) in [6, 6.07) is 6.79. The molecule has 0 spiro atoms. The first kappa shape index (κ1) is 16.4. The van der Waals surface area contributed by atoms with Crippen molar-refractivity contribution in [1.29, 1.82) is 0 Å². The van der Waals surface area contributed by atoms with Crippen LogP contribution in [-0.4, -0.2) is 29.9 Å². The molecule has 0 aliphatic carbocycles. The molecule has 3 aromatic heterocycles. The summed E-state index contributed by atoms with van der Waals surface area (Å²) >= 11 is 11.9. The summed E-state index contributed by atoms with van der Waals surface area (Å²) in [6.07, 6.45) is 8.16. The first-order valence-corrected chi connectivity index (χ1v) is 8.26. The summed E-state index contributed by atoms with van der Waals surface area (Å²) < 4.78 is 1.57. The molecule has 0 aliphatic heterocycles. The molecule has 9 heteroatoms. The van der Waals surface area contributed by atoms with Gasteiger partial charge >= 0.3 is 0 Å². The summed E-state index contributed by atoms with van der Waals surface area (Å²) in [5.41, 5.74) is 1.62. The number of hydrogen-bond acceptors (Lipinski definition) is 5. The highest BCUT2D eigenvalue weighted by atomic mass is 35.5. The van der Waals surface area contributed by atoms with Crippen molar-refractivity contribution < 1.29 is 0 Å². The van der Waals surface area contributed by atoms with Gasteiger partial charge in [0.25, 0.3) is 5.56 Å². The van der Waals surface area contributed by atoms with Crippen molar-refractivity contribution in [2.24, 2.45) is 0 Å². The van der Waals surface area contributed by atoms with Crippen LogP contribution in [0.5, 0.6) is 0 Å². The van der Waals surface area contributed by atoms with Crippen molar-refractivity contribution in [3.05, 3.63) is 74.8 Å². The van der Waals surface area contributed by atoms with Gasteiger partial charge in [0.05, 0.1) is 39.0 Å². The van der Waals surface area contributed by atoms with Crippen LogP contribution < -0.4 is 5.56 Å². The Kier molecular flexibility index (Phi) is 4.24. The maximum absolute atomic E-state index is 12.0. The molecule has 1 aromatic carbocycles. The Morgan fingerprint density at radius 1 is 1.12 bits per heavy atom. The topological polar surface area (TPSA) is 89.4 Å². The average molecular weight is 385 g/mol. The van der Waals surface area contributed by atoms with E-state index in [0.29, 0.717) is 32.5 Å². The molecule has 7 nitrogen and oxygen atoms in total. The number of pyridine rings is 1. The third kappa shape index (κ3) is 3.22. The number of H-pyrrole nitrogens is 1. The molecule has 26 heavy (non-hydrogen) atoms. The van der Waals surface area contributed by atoms with Gasteiger partial charge in [0.15, 0.2) is 0 Å². The summed E-state index contributed by atoms with van der Waals surface area (Å²) in [4.78, 5) is 23.1. The Labute approximate surface area is 156 Å². The van der Waals surface area contributed by atoms with Gasteiger partial charge in [-0.15, -0.1) is 5.10 Å². The molecule has 4 rings (SSSR count). The predicted octanol–water partition coefficient (Wildman–Crippen LogP) is 3.38. The lowest BCUT2D eigenvalue weighted by atomic mass is 10.3. The first-order chi connectivity index (χ1) is 12.6. The van der Waals surface area contributed by atoms with E-state index in [1.807, 2.05) is 0 Å². The zero-order valence-electron chi connectivity index (χ0n) is 13.1. The molecule has 3 heterocycles. The van der Waals surface area contributed by atoms with E-state index in [9.17, 15) is 4.79 Å². The standard InChI is InChI=1S/C17H10Cl2N6O/c18-13-3-2-11(7-14(13)19)25-9-10(23-24-25)1-4-16-21-15-8-20-6-5-12(15)17(26)22-16/h1-9H,(H,21,22,26). The van der Waals surface area contributed by atoms with Crippen LogP contribution in [0.3, 0.4) is 0 Å². The van der Waals surface area contributed by atoms with E-state index in [2.05, 4.69) is 25.3 Å². The maximum atomic E-state index is 12.0. The number of rotatable bonds is 3. The van der Waals surface area contributed by atoms with Crippen LogP contribution in [-0.2, 0) is 0 Å². The summed E-state index contributed by atoms with van der Waals surface area (Å²) in [7, 11) is 0. The Balaban J connectivity index is 1.63. The molecule has 0 aliphatic rings. The van der Waals surface area contributed by atoms with Crippen molar-refractivity contribution in [3.8, 4) is 5.69 Å². The minimum atomic E-state index is -0.225. The van der Waals surface area contributed by atoms with Gasteiger partial charge in [-0.05, 0) is 36.4 Å². The molecule has 0 saturated heterocycles. The number of aromatic amines is 1. The van der Waals surface area contributed by atoms with E-state index < -0.39 is 0 Å². The van der Waals surface area contributed by atoms with Crippen LogP contribution in [0.15, 0.2) is 47.7 Å². The highest BCUT2D eigenvalue weighted by Gasteiger charge is 2.05. The van der Waals surface area contributed by atoms with Crippen LogP contribution in [0.25, 0.3) is 28.7 Å². The maximum Gasteiger partial charge on any atom is 0.259 e. The first-order valence-electron chi connectivity index (χ1n) is 7.50. The molecule has 0 radical (unpaired) electrons. The van der Waals surface area contributed by atoms with Gasteiger partial charge in [-0.25, -0.2) is 9.67 Å². The third-order valence-corrected chi connectivity index (χ3v) is 4.36. The minimum Gasteiger partial charge on any atom is -0.306 e. The van der Waals surface area contributed by atoms with Crippen LogP contribution in [0.1, 0.15) is 11.5 Å². The van der Waals surface area contributed by atoms with E-state index in [-0.39, 0.29) is 5.56 Å². The number of halogens is 2. The Bertz CT molecular complexity index is 1200. The van der Waals surface area contributed by atoms with Gasteiger partial charge in [0.2, 0.25) is 0 Å². The van der Waals surface area contributed by atoms with Crippen molar-refractivity contribution in [2.45, 2.75) is 0 Å². The Morgan fingerprint density at radius 2 is 2.00 bits per heavy atom. The molecular formula is C17H10Cl2N6O. The van der Waals surface area contributed by atoms with Gasteiger partial charge in [0, 0.05) is 6.20 Å². The van der Waals surface area contributed by atoms with E-state index in [4.69, 9.17) is 23.2 Å². The lowest BCUT2D eigenvalue weighted by molar-refractivity contribution is 0.803. The Morgan fingerprint density at radius 3 is 2.85 bits per heavy atom. The quantitative estimate of drug-likeness (QED) is 0.584. The van der Waals surface area contributed by atoms with Gasteiger partial charge in [-0.1, -0.05) is 28.4 Å². The smallest absolute Gasteiger partial charge is 0.259 e. The highest BCUT2D eigenvalue weighted by Crippen LogP contribution is 2.24. The lowest BCUT2D eigenvalue weighted by Crippen LogP contribution is -2.09. The number of fused-ring (bicyclic) bond motifs is 1. The van der Waals surface area contributed by atoms with Crippen LogP contribution >= 0.6 is 23.2 Å². The van der Waals surface area contributed by atoms with Crippen LogP contribution in [0, 0.1) is 0 Å². The number of nitrogens with one attached hydrogen (secondary N) is 1. The molecule has 4 aromatic rings. The second-order valence-electron chi connectivity index (χ2n) is 5.36. The molecule has 0 fully saturated rings. The molecule has 1 N–H and O–H groups in total. The van der Waals surface area contributed by atoms with Crippen molar-refractivity contribution in [1.82, 2.24) is 29.9 Å². The minimum absolute atomic E-state index is 0.225. The number of hydrogen-bond donors (Lipinski definition) is 1. The van der Waals surface area contributed by atoms with Gasteiger partial charge in [-0.2, -0.15) is 0 Å². The van der Waals surface area contributed by atoms with E-state index in [1.54, 1.807) is 59.7 Å². The predicted molar refractivity (Wildman–Crippen MR) is 100 cm³/mol. The summed E-state index contributed by atoms with van der Waals surface area (Å²) in [6.45, 7) is 0. The monoisotopic (exact) mass is 384 g/mol. The van der Waals surface area contributed by atoms with Crippen molar-refractivity contribution in [2.75, 3.05) is 0 Å². The summed E-state index contributed by atoms with van der Waals surface area (Å²) in [5, 5.41) is 9.50. The molecule has 0 unspecified atom stereocenters. The largest absolute Gasteiger partial charge is 0.306 e. The van der Waals surface area contributed by atoms with E-state index in [0.717, 1.165) is 5.69 Å². The molecule has 128 valence electrons. The highest BCUT2D eigenvalue weighted by molar-refractivity contribution is 6.42. The fourth-order valence-corrected chi connectivity index (χ4v) is 2.65. The molecule has 0 amide bonds. The van der Waals surface area contributed by atoms with Crippen LogP contribution in [0.4, 0.5) is 0 Å². The SMILES string of the molecule is O=c1[nH]c(C=Cc2cn(-c3ccc(Cl)c(Cl)c3)nn2)nc2cnccc12. The fraction of sp³-hybridized carbons (Fsp3) is 0. The zero-order chi connectivity index (χ0) is 18.1. The second kappa shape index (κ2) is 6.70. The van der Waals surface area contributed by atoms with Gasteiger partial charge < -0.3 is 4.98 Å². The Hall–Kier alpha value is -3.03. The lowest BCUT2D eigenvalue weighted by Gasteiger charge is -2.01. The number of benzene rings is 1. The van der Waals surface area contributed by atoms with Gasteiger partial charge in [0.1, 0.15) is 11.5 Å². The number of nitrogens with zero attached hydrogens (tertiary/aromatic N) is 5. The van der Waals surface area contributed by atoms with Crippen LogP contribution in [0.2, 0.25) is 10.0 Å². The van der Waals surface area contributed by atoms with E-state index in [1.165, 1.54) is 0 Å². The molecule has 0 atom stereocenters. The molecule has 0 bridgehead atoms. The average Bonchev–Trinajstić information content (AvgIpc) is 3.11. The zero-order valence-corrected chi connectivity index (χ0v) is 14.6. The third-order valence-electron chi connectivity index (χ3n) is 3.62. The van der Waals surface area contributed by atoms with Crippen molar-refractivity contribution >= 4 is 46.3 Å². The van der Waals surface area contributed by atoms with E-state index >= 15 is 0 Å². The second-order valence-corrected chi connectivity index (χ2v) is 6.18. The molecular weight excluding hydrogens is 375 g/mol. The fourth-order valence-electron chi connectivity index (χ4n) is 2.36.